The maximum atomic E-state index is 12.3. The zero-order chi connectivity index (χ0) is 12.0. The lowest BCUT2D eigenvalue weighted by atomic mass is 9.92. The number of nitrogens with one attached hydrogen (secondary N) is 1. The normalized spacial score (nSPS) is 25.4. The van der Waals surface area contributed by atoms with Crippen molar-refractivity contribution in [1.82, 2.24) is 10.2 Å². The largest absolute Gasteiger partial charge is 0.342 e. The van der Waals surface area contributed by atoms with Crippen LogP contribution in [0.1, 0.15) is 46.5 Å². The molecule has 3 heteroatoms. The van der Waals surface area contributed by atoms with Crippen molar-refractivity contribution < 1.29 is 4.79 Å². The van der Waals surface area contributed by atoms with Crippen molar-refractivity contribution in [3.8, 4) is 0 Å². The summed E-state index contributed by atoms with van der Waals surface area (Å²) in [6.07, 6.45) is 4.13. The van der Waals surface area contributed by atoms with Gasteiger partial charge in [0.2, 0.25) is 5.91 Å². The molecule has 1 N–H and O–H groups in total. The number of nitrogens with zero attached hydrogens (tertiary/aromatic N) is 1. The second-order valence-electron chi connectivity index (χ2n) is 4.90. The van der Waals surface area contributed by atoms with Crippen molar-refractivity contribution >= 4 is 5.91 Å². The Morgan fingerprint density at radius 1 is 1.31 bits per heavy atom. The fourth-order valence-corrected chi connectivity index (χ4v) is 2.49. The third-order valence-electron chi connectivity index (χ3n) is 3.27. The number of carbonyl (C=O) groups excluding carboxylic acids is 1. The summed E-state index contributed by atoms with van der Waals surface area (Å²) in [7, 11) is 0. The fourth-order valence-electron chi connectivity index (χ4n) is 2.49. The molecular weight excluding hydrogens is 200 g/mol. The zero-order valence-electron chi connectivity index (χ0n) is 11.0. The van der Waals surface area contributed by atoms with Crippen LogP contribution in [0.25, 0.3) is 0 Å². The summed E-state index contributed by atoms with van der Waals surface area (Å²) >= 11 is 0. The van der Waals surface area contributed by atoms with Crippen LogP contribution in [-0.2, 0) is 4.79 Å². The minimum absolute atomic E-state index is 0.259. The minimum atomic E-state index is 0.259. The van der Waals surface area contributed by atoms with Crippen LogP contribution >= 0.6 is 0 Å². The highest BCUT2D eigenvalue weighted by Crippen LogP contribution is 2.19. The molecule has 1 fully saturated rings. The first-order chi connectivity index (χ1) is 7.69. The second-order valence-corrected chi connectivity index (χ2v) is 4.90. The van der Waals surface area contributed by atoms with E-state index in [1.807, 2.05) is 0 Å². The Bertz CT molecular complexity index is 205. The summed E-state index contributed by atoms with van der Waals surface area (Å²) in [5.74, 6) is 0.645. The van der Waals surface area contributed by atoms with Crippen LogP contribution in [0.15, 0.2) is 0 Å². The molecule has 0 radical (unpaired) electrons. The molecule has 0 aromatic carbocycles. The molecular formula is C13H26N2O. The maximum Gasteiger partial charge on any atom is 0.225 e. The minimum Gasteiger partial charge on any atom is -0.342 e. The van der Waals surface area contributed by atoms with Gasteiger partial charge in [-0.3, -0.25) is 4.79 Å². The molecule has 0 aliphatic carbocycles. The third-order valence-corrected chi connectivity index (χ3v) is 3.27. The van der Waals surface area contributed by atoms with Gasteiger partial charge in [0.05, 0.1) is 0 Å². The van der Waals surface area contributed by atoms with Gasteiger partial charge >= 0.3 is 0 Å². The number of amides is 1. The zero-order valence-corrected chi connectivity index (χ0v) is 11.0. The molecule has 1 rings (SSSR count). The van der Waals surface area contributed by atoms with Crippen LogP contribution in [0.2, 0.25) is 0 Å². The molecule has 2 atom stereocenters. The molecule has 2 unspecified atom stereocenters. The topological polar surface area (TPSA) is 32.3 Å². The Balaban J connectivity index is 2.51. The summed E-state index contributed by atoms with van der Waals surface area (Å²) in [5, 5.41) is 3.40. The Hall–Kier alpha value is -0.570. The average molecular weight is 226 g/mol. The Labute approximate surface area is 99.6 Å². The van der Waals surface area contributed by atoms with Gasteiger partial charge in [-0.1, -0.05) is 13.8 Å². The second kappa shape index (κ2) is 6.89. The Morgan fingerprint density at radius 3 is 2.44 bits per heavy atom. The molecule has 1 aliphatic rings. The van der Waals surface area contributed by atoms with E-state index in [0.717, 1.165) is 45.3 Å². The predicted molar refractivity (Wildman–Crippen MR) is 67.4 cm³/mol. The van der Waals surface area contributed by atoms with Crippen LogP contribution in [0.5, 0.6) is 0 Å². The van der Waals surface area contributed by atoms with E-state index >= 15 is 0 Å². The van der Waals surface area contributed by atoms with E-state index in [1.165, 1.54) is 0 Å². The summed E-state index contributed by atoms with van der Waals surface area (Å²) in [5.41, 5.74) is 0. The first-order valence-electron chi connectivity index (χ1n) is 6.71. The molecule has 0 spiro atoms. The van der Waals surface area contributed by atoms with E-state index in [4.69, 9.17) is 0 Å². The Morgan fingerprint density at radius 2 is 1.94 bits per heavy atom. The number of piperidine rings is 1. The molecule has 3 nitrogen and oxygen atoms in total. The third kappa shape index (κ3) is 3.78. The quantitative estimate of drug-likeness (QED) is 0.778. The fraction of sp³-hybridized carbons (Fsp3) is 0.923. The molecule has 16 heavy (non-hydrogen) atoms. The van der Waals surface area contributed by atoms with Crippen LogP contribution < -0.4 is 5.32 Å². The van der Waals surface area contributed by atoms with Crippen molar-refractivity contribution in [1.29, 1.82) is 0 Å². The molecule has 1 saturated heterocycles. The lowest BCUT2D eigenvalue weighted by Gasteiger charge is -2.32. The maximum absolute atomic E-state index is 12.3. The van der Waals surface area contributed by atoms with Gasteiger partial charge < -0.3 is 10.2 Å². The lowest BCUT2D eigenvalue weighted by molar-refractivity contribution is -0.136. The van der Waals surface area contributed by atoms with Crippen molar-refractivity contribution in [2.75, 3.05) is 19.6 Å². The molecule has 1 amide bonds. The molecule has 1 aliphatic heterocycles. The van der Waals surface area contributed by atoms with E-state index < -0.39 is 0 Å². The van der Waals surface area contributed by atoms with E-state index in [2.05, 4.69) is 31.0 Å². The summed E-state index contributed by atoms with van der Waals surface area (Å²) in [4.78, 5) is 14.4. The van der Waals surface area contributed by atoms with Gasteiger partial charge in [0.25, 0.3) is 0 Å². The van der Waals surface area contributed by atoms with Crippen LogP contribution in [0.4, 0.5) is 0 Å². The van der Waals surface area contributed by atoms with E-state index in [0.29, 0.717) is 11.9 Å². The standard InChI is InChI=1S/C13H26N2O/c1-4-8-15(9-5-2)13(16)12-6-7-14-11(3)10-12/h11-12,14H,4-10H2,1-3H3. The molecule has 1 heterocycles. The van der Waals surface area contributed by atoms with Crippen molar-refractivity contribution in [2.45, 2.75) is 52.5 Å². The Kier molecular flexibility index (Phi) is 5.81. The van der Waals surface area contributed by atoms with Crippen LogP contribution in [0, 0.1) is 5.92 Å². The van der Waals surface area contributed by atoms with Crippen LogP contribution in [-0.4, -0.2) is 36.5 Å². The van der Waals surface area contributed by atoms with Crippen molar-refractivity contribution in [3.63, 3.8) is 0 Å². The highest BCUT2D eigenvalue weighted by Gasteiger charge is 2.27. The van der Waals surface area contributed by atoms with E-state index in [1.54, 1.807) is 0 Å². The number of carbonyl (C=O) groups is 1. The first kappa shape index (κ1) is 13.5. The van der Waals surface area contributed by atoms with Gasteiger partial charge in [-0.05, 0) is 39.2 Å². The van der Waals surface area contributed by atoms with Gasteiger partial charge in [0, 0.05) is 25.0 Å². The van der Waals surface area contributed by atoms with Gasteiger partial charge in [-0.25, -0.2) is 0 Å². The van der Waals surface area contributed by atoms with Gasteiger partial charge in [-0.2, -0.15) is 0 Å². The molecule has 0 aromatic rings. The molecule has 0 aromatic heterocycles. The van der Waals surface area contributed by atoms with Crippen molar-refractivity contribution in [2.24, 2.45) is 5.92 Å². The van der Waals surface area contributed by atoms with Crippen LogP contribution in [0.3, 0.4) is 0 Å². The average Bonchev–Trinajstić information content (AvgIpc) is 2.28. The van der Waals surface area contributed by atoms with Gasteiger partial charge in [-0.15, -0.1) is 0 Å². The van der Waals surface area contributed by atoms with Gasteiger partial charge in [0.1, 0.15) is 0 Å². The smallest absolute Gasteiger partial charge is 0.225 e. The van der Waals surface area contributed by atoms with Gasteiger partial charge in [0.15, 0.2) is 0 Å². The number of hydrogen-bond acceptors (Lipinski definition) is 2. The number of hydrogen-bond donors (Lipinski definition) is 1. The predicted octanol–water partition coefficient (Wildman–Crippen LogP) is 2.02. The summed E-state index contributed by atoms with van der Waals surface area (Å²) < 4.78 is 0. The summed E-state index contributed by atoms with van der Waals surface area (Å²) in [6, 6.07) is 0.493. The molecule has 0 saturated carbocycles. The first-order valence-corrected chi connectivity index (χ1v) is 6.71. The highest BCUT2D eigenvalue weighted by atomic mass is 16.2. The number of rotatable bonds is 5. The van der Waals surface area contributed by atoms with Crippen molar-refractivity contribution in [3.05, 3.63) is 0 Å². The van der Waals surface area contributed by atoms with E-state index in [-0.39, 0.29) is 5.92 Å². The molecule has 0 bridgehead atoms. The highest BCUT2D eigenvalue weighted by molar-refractivity contribution is 5.79. The summed E-state index contributed by atoms with van der Waals surface area (Å²) in [6.45, 7) is 9.28. The molecule has 94 valence electrons. The monoisotopic (exact) mass is 226 g/mol. The SMILES string of the molecule is CCCN(CCC)C(=O)C1CCNC(C)C1. The van der Waals surface area contributed by atoms with E-state index in [9.17, 15) is 4.79 Å². The lowest BCUT2D eigenvalue weighted by Crippen LogP contribution is -2.44.